The van der Waals surface area contributed by atoms with Crippen LogP contribution in [0.3, 0.4) is 0 Å². The average molecular weight is 339 g/mol. The van der Waals surface area contributed by atoms with Gasteiger partial charge in [-0.05, 0) is 68.7 Å². The Bertz CT molecular complexity index is 496. The first-order valence-corrected chi connectivity index (χ1v) is 8.53. The number of halogens is 1. The molecule has 0 aliphatic heterocycles. The van der Waals surface area contributed by atoms with Gasteiger partial charge in [-0.25, -0.2) is 0 Å². The number of benzene rings is 1. The fourth-order valence-electron chi connectivity index (χ4n) is 3.06. The van der Waals surface area contributed by atoms with E-state index in [9.17, 15) is 4.79 Å². The second-order valence-corrected chi connectivity index (χ2v) is 6.61. The van der Waals surface area contributed by atoms with E-state index in [1.807, 2.05) is 24.3 Å². The van der Waals surface area contributed by atoms with Gasteiger partial charge in [-0.2, -0.15) is 0 Å². The van der Waals surface area contributed by atoms with E-state index < -0.39 is 0 Å². The van der Waals surface area contributed by atoms with Crippen molar-refractivity contribution in [3.05, 3.63) is 29.8 Å². The molecule has 0 bridgehead atoms. The van der Waals surface area contributed by atoms with Crippen molar-refractivity contribution in [2.24, 2.45) is 11.7 Å². The van der Waals surface area contributed by atoms with Crippen LogP contribution in [0.4, 0.5) is 0 Å². The first kappa shape index (κ1) is 18.1. The number of hydrogen-bond donors (Lipinski definition) is 2. The Hall–Kier alpha value is -1.26. The molecule has 0 radical (unpaired) electrons. The van der Waals surface area contributed by atoms with Gasteiger partial charge >= 0.3 is 0 Å². The van der Waals surface area contributed by atoms with Gasteiger partial charge in [0, 0.05) is 18.2 Å². The van der Waals surface area contributed by atoms with Gasteiger partial charge in [-0.1, -0.05) is 6.42 Å². The van der Waals surface area contributed by atoms with E-state index in [2.05, 4.69) is 5.32 Å². The number of carbonyl (C=O) groups excluding carboxylic acids is 1. The van der Waals surface area contributed by atoms with Crippen LogP contribution in [0.5, 0.6) is 5.75 Å². The van der Waals surface area contributed by atoms with Crippen molar-refractivity contribution in [3.8, 4) is 5.75 Å². The second-order valence-electron chi connectivity index (χ2n) is 6.61. The molecule has 4 nitrogen and oxygen atoms in total. The lowest BCUT2D eigenvalue weighted by molar-refractivity contribution is 0.0950. The normalized spacial score (nSPS) is 19.5. The standard InChI is InChI=1S/C18H26N2O2.ClH/c19-17(13-6-7-13)12-20-18(21)14-8-10-16(11-9-14)22-15-4-2-1-3-5-15;/h8-11,13,15,17H,1-7,12,19H2,(H,20,21);1H. The lowest BCUT2D eigenvalue weighted by Crippen LogP contribution is -2.38. The smallest absolute Gasteiger partial charge is 0.251 e. The zero-order valence-electron chi connectivity index (χ0n) is 13.5. The SMILES string of the molecule is Cl.NC(CNC(=O)c1ccc(OC2CCCCC2)cc1)C1CC1. The summed E-state index contributed by atoms with van der Waals surface area (Å²) in [6.07, 6.45) is 8.85. The molecule has 1 amide bonds. The number of amides is 1. The largest absolute Gasteiger partial charge is 0.490 e. The van der Waals surface area contributed by atoms with E-state index >= 15 is 0 Å². The van der Waals surface area contributed by atoms with E-state index in [4.69, 9.17) is 10.5 Å². The maximum absolute atomic E-state index is 12.1. The summed E-state index contributed by atoms with van der Waals surface area (Å²) in [4.78, 5) is 12.1. The van der Waals surface area contributed by atoms with Crippen LogP contribution >= 0.6 is 12.4 Å². The summed E-state index contributed by atoms with van der Waals surface area (Å²) in [7, 11) is 0. The molecule has 0 saturated heterocycles. The number of carbonyl (C=O) groups is 1. The van der Waals surface area contributed by atoms with Gasteiger partial charge in [0.25, 0.3) is 5.91 Å². The molecule has 2 aliphatic carbocycles. The van der Waals surface area contributed by atoms with Crippen LogP contribution in [0, 0.1) is 5.92 Å². The molecule has 0 aromatic heterocycles. The van der Waals surface area contributed by atoms with Gasteiger partial charge in [0.2, 0.25) is 0 Å². The Kier molecular flexibility index (Phi) is 6.72. The number of nitrogens with two attached hydrogens (primary N) is 1. The molecule has 2 saturated carbocycles. The van der Waals surface area contributed by atoms with Crippen LogP contribution in [0.25, 0.3) is 0 Å². The predicted molar refractivity (Wildman–Crippen MR) is 94.2 cm³/mol. The maximum atomic E-state index is 12.1. The molecule has 2 fully saturated rings. The van der Waals surface area contributed by atoms with E-state index in [0.29, 0.717) is 24.1 Å². The molecule has 1 atom stereocenters. The second kappa shape index (κ2) is 8.55. The predicted octanol–water partition coefficient (Wildman–Crippen LogP) is 3.29. The van der Waals surface area contributed by atoms with Gasteiger partial charge in [0.15, 0.2) is 0 Å². The lowest BCUT2D eigenvalue weighted by atomic mass is 9.98. The minimum absolute atomic E-state index is 0. The van der Waals surface area contributed by atoms with Crippen LogP contribution < -0.4 is 15.8 Å². The molecule has 128 valence electrons. The number of hydrogen-bond acceptors (Lipinski definition) is 3. The van der Waals surface area contributed by atoms with Crippen molar-refractivity contribution in [2.75, 3.05) is 6.54 Å². The van der Waals surface area contributed by atoms with Crippen molar-refractivity contribution < 1.29 is 9.53 Å². The Balaban J connectivity index is 0.00000192. The van der Waals surface area contributed by atoms with Crippen molar-refractivity contribution >= 4 is 18.3 Å². The summed E-state index contributed by atoms with van der Waals surface area (Å²) < 4.78 is 5.98. The summed E-state index contributed by atoms with van der Waals surface area (Å²) in [6, 6.07) is 7.54. The molecule has 3 N–H and O–H groups in total. The number of nitrogens with one attached hydrogen (secondary N) is 1. The van der Waals surface area contributed by atoms with Crippen molar-refractivity contribution in [2.45, 2.75) is 57.1 Å². The number of rotatable bonds is 6. The summed E-state index contributed by atoms with van der Waals surface area (Å²) in [5.74, 6) is 1.41. The van der Waals surface area contributed by atoms with Crippen molar-refractivity contribution in [1.82, 2.24) is 5.32 Å². The van der Waals surface area contributed by atoms with Gasteiger partial charge in [-0.3, -0.25) is 4.79 Å². The molecule has 23 heavy (non-hydrogen) atoms. The van der Waals surface area contributed by atoms with Crippen molar-refractivity contribution in [1.29, 1.82) is 0 Å². The average Bonchev–Trinajstić information content (AvgIpc) is 3.39. The van der Waals surface area contributed by atoms with E-state index in [1.54, 1.807) is 0 Å². The van der Waals surface area contributed by atoms with E-state index in [1.165, 1.54) is 32.1 Å². The highest BCUT2D eigenvalue weighted by Gasteiger charge is 2.28. The molecule has 2 aliphatic rings. The monoisotopic (exact) mass is 338 g/mol. The van der Waals surface area contributed by atoms with Crippen LogP contribution in [0.1, 0.15) is 55.3 Å². The Labute approximate surface area is 144 Å². The van der Waals surface area contributed by atoms with Gasteiger partial charge in [0.05, 0.1) is 6.10 Å². The van der Waals surface area contributed by atoms with Crippen LogP contribution in [0.15, 0.2) is 24.3 Å². The fourth-order valence-corrected chi connectivity index (χ4v) is 3.06. The van der Waals surface area contributed by atoms with E-state index in [-0.39, 0.29) is 24.4 Å². The molecule has 1 unspecified atom stereocenters. The molecule has 0 spiro atoms. The third kappa shape index (κ3) is 5.40. The first-order valence-electron chi connectivity index (χ1n) is 8.53. The van der Waals surface area contributed by atoms with Gasteiger partial charge in [-0.15, -0.1) is 12.4 Å². The highest BCUT2D eigenvalue weighted by molar-refractivity contribution is 5.94. The lowest BCUT2D eigenvalue weighted by Gasteiger charge is -2.23. The summed E-state index contributed by atoms with van der Waals surface area (Å²) in [6.45, 7) is 0.559. The molecule has 5 heteroatoms. The Morgan fingerprint density at radius 3 is 2.39 bits per heavy atom. The third-order valence-corrected chi connectivity index (χ3v) is 4.70. The van der Waals surface area contributed by atoms with Gasteiger partial charge < -0.3 is 15.8 Å². The highest BCUT2D eigenvalue weighted by atomic mass is 35.5. The zero-order chi connectivity index (χ0) is 15.4. The third-order valence-electron chi connectivity index (χ3n) is 4.70. The van der Waals surface area contributed by atoms with Crippen molar-refractivity contribution in [3.63, 3.8) is 0 Å². The first-order chi connectivity index (χ1) is 10.7. The quantitative estimate of drug-likeness (QED) is 0.836. The molecule has 1 aromatic rings. The minimum Gasteiger partial charge on any atom is -0.490 e. The summed E-state index contributed by atoms with van der Waals surface area (Å²) >= 11 is 0. The molecule has 0 heterocycles. The maximum Gasteiger partial charge on any atom is 0.251 e. The summed E-state index contributed by atoms with van der Waals surface area (Å²) in [5, 5.41) is 2.92. The Morgan fingerprint density at radius 1 is 1.13 bits per heavy atom. The van der Waals surface area contributed by atoms with Gasteiger partial charge in [0.1, 0.15) is 5.75 Å². The molecule has 1 aromatic carbocycles. The zero-order valence-corrected chi connectivity index (χ0v) is 14.3. The van der Waals surface area contributed by atoms with Crippen LogP contribution in [-0.2, 0) is 0 Å². The molecular weight excluding hydrogens is 312 g/mol. The van der Waals surface area contributed by atoms with Crippen LogP contribution in [0.2, 0.25) is 0 Å². The molecule has 3 rings (SSSR count). The summed E-state index contributed by atoms with van der Waals surface area (Å²) in [5.41, 5.74) is 6.66. The topological polar surface area (TPSA) is 64.3 Å². The fraction of sp³-hybridized carbons (Fsp3) is 0.611. The van der Waals surface area contributed by atoms with Crippen LogP contribution in [-0.4, -0.2) is 24.6 Å². The Morgan fingerprint density at radius 2 is 1.78 bits per heavy atom. The minimum atomic E-state index is -0.0553. The number of ether oxygens (including phenoxy) is 1. The molecular formula is C18H27ClN2O2. The van der Waals surface area contributed by atoms with E-state index in [0.717, 1.165) is 18.6 Å². The highest BCUT2D eigenvalue weighted by Crippen LogP contribution is 2.31.